The number of hydrogen-bond acceptors (Lipinski definition) is 10. The summed E-state index contributed by atoms with van der Waals surface area (Å²) >= 11 is 0. The summed E-state index contributed by atoms with van der Waals surface area (Å²) in [5.74, 6) is -2.71. The second-order valence-electron chi connectivity index (χ2n) is 21.1. The Morgan fingerprint density at radius 3 is 2.31 bits per heavy atom. The summed E-state index contributed by atoms with van der Waals surface area (Å²) in [4.78, 5) is 73.0. The van der Waals surface area contributed by atoms with Crippen LogP contribution in [0.5, 0.6) is 0 Å². The number of nitrogens with zero attached hydrogens (tertiary/aromatic N) is 4. The standard InChI is InChI=1S/C55H77F3N10O7/c1-34(2)48(65-47(70)16-9-8-10-23-59)52(72)64-45(15-12-24-61-53(60)73)51(71)62-41-20-18-37(19-21-41)33-75-54(74)68-30-39(44(58)31-68)29-66(27-36(4)69)49(55(5,6)7)50-63-46(42-25-35(3)17-22-43(42)57)32-67(50)28-38-13-11-14-40(56)26-38/h11,13-14,17-22,25-26,32,34,36,39,44-45,48-49,69H,8-10,12,15-16,23-24,27-31,33,59H2,1-7H3,(H,62,71)(H,64,72)(H,65,70)(H3,60,61,73). The molecule has 6 atom stereocenters. The highest BCUT2D eigenvalue weighted by molar-refractivity contribution is 5.98. The molecule has 410 valence electrons. The van der Waals surface area contributed by atoms with Gasteiger partial charge in [-0.2, -0.15) is 0 Å². The molecule has 0 radical (unpaired) electrons. The second-order valence-corrected chi connectivity index (χ2v) is 21.1. The van der Waals surface area contributed by atoms with Gasteiger partial charge in [-0.05, 0) is 105 Å². The minimum atomic E-state index is -1.44. The Morgan fingerprint density at radius 2 is 1.65 bits per heavy atom. The van der Waals surface area contributed by atoms with Crippen LogP contribution in [-0.4, -0.2) is 118 Å². The molecule has 20 heteroatoms. The molecule has 75 heavy (non-hydrogen) atoms. The van der Waals surface area contributed by atoms with Crippen LogP contribution in [0.1, 0.15) is 109 Å². The first-order chi connectivity index (χ1) is 35.5. The molecule has 5 rings (SSSR count). The smallest absolute Gasteiger partial charge is 0.410 e. The van der Waals surface area contributed by atoms with E-state index < -0.39 is 77.3 Å². The Balaban J connectivity index is 1.25. The summed E-state index contributed by atoms with van der Waals surface area (Å²) in [6.07, 6.45) is 1.58. The molecular weight excluding hydrogens is 970 g/mol. The van der Waals surface area contributed by atoms with Crippen molar-refractivity contribution < 1.29 is 47.0 Å². The zero-order valence-electron chi connectivity index (χ0n) is 44.3. The summed E-state index contributed by atoms with van der Waals surface area (Å²) < 4.78 is 53.6. The number of nitrogens with one attached hydrogen (secondary N) is 4. The van der Waals surface area contributed by atoms with Crippen molar-refractivity contribution >= 4 is 35.5 Å². The molecule has 9 N–H and O–H groups in total. The fraction of sp³-hybridized carbons (Fsp3) is 0.527. The topological polar surface area (TPSA) is 239 Å². The van der Waals surface area contributed by atoms with E-state index in [1.807, 2.05) is 37.2 Å². The maximum atomic E-state index is 16.2. The van der Waals surface area contributed by atoms with Crippen molar-refractivity contribution in [2.75, 3.05) is 44.6 Å². The molecule has 0 bridgehead atoms. The Bertz CT molecular complexity index is 2540. The van der Waals surface area contributed by atoms with Gasteiger partial charge in [0.2, 0.25) is 17.7 Å². The van der Waals surface area contributed by atoms with Crippen LogP contribution < -0.4 is 32.7 Å². The molecule has 0 aliphatic carbocycles. The van der Waals surface area contributed by atoms with Crippen LogP contribution in [0, 0.1) is 35.8 Å². The van der Waals surface area contributed by atoms with Crippen LogP contribution in [0.3, 0.4) is 0 Å². The van der Waals surface area contributed by atoms with Gasteiger partial charge in [0.25, 0.3) is 0 Å². The van der Waals surface area contributed by atoms with E-state index in [0.717, 1.165) is 18.4 Å². The van der Waals surface area contributed by atoms with Crippen molar-refractivity contribution in [1.82, 2.24) is 35.3 Å². The molecule has 1 aromatic heterocycles. The highest BCUT2D eigenvalue weighted by Crippen LogP contribution is 2.41. The van der Waals surface area contributed by atoms with Crippen molar-refractivity contribution in [2.24, 2.45) is 28.7 Å². The van der Waals surface area contributed by atoms with Gasteiger partial charge in [-0.15, -0.1) is 0 Å². The van der Waals surface area contributed by atoms with Crippen LogP contribution in [0.4, 0.5) is 28.4 Å². The number of primary amides is 1. The van der Waals surface area contributed by atoms with Crippen LogP contribution >= 0.6 is 0 Å². The van der Waals surface area contributed by atoms with E-state index in [0.29, 0.717) is 53.3 Å². The van der Waals surface area contributed by atoms with Gasteiger partial charge in [-0.3, -0.25) is 19.3 Å². The van der Waals surface area contributed by atoms with E-state index in [2.05, 4.69) is 21.3 Å². The summed E-state index contributed by atoms with van der Waals surface area (Å²) in [6.45, 7) is 13.8. The average Bonchev–Trinajstić information content (AvgIpc) is 3.91. The third-order valence-electron chi connectivity index (χ3n) is 13.0. The molecule has 6 amide bonds. The van der Waals surface area contributed by atoms with Gasteiger partial charge >= 0.3 is 12.1 Å². The summed E-state index contributed by atoms with van der Waals surface area (Å²) in [5.41, 5.74) is 13.3. The number of hydrogen-bond donors (Lipinski definition) is 7. The average molecular weight is 1050 g/mol. The Labute approximate surface area is 438 Å². The summed E-state index contributed by atoms with van der Waals surface area (Å²) in [5, 5.41) is 21.7. The number of anilines is 1. The van der Waals surface area contributed by atoms with E-state index >= 15 is 8.78 Å². The molecule has 1 saturated heterocycles. The maximum absolute atomic E-state index is 16.2. The van der Waals surface area contributed by atoms with Crippen LogP contribution in [0.25, 0.3) is 11.3 Å². The summed E-state index contributed by atoms with van der Waals surface area (Å²) in [7, 11) is 0. The highest BCUT2D eigenvalue weighted by atomic mass is 19.1. The van der Waals surface area contributed by atoms with Gasteiger partial charge < -0.3 is 52.0 Å². The number of aliphatic hydroxyl groups excluding tert-OH is 1. The first-order valence-electron chi connectivity index (χ1n) is 25.8. The van der Waals surface area contributed by atoms with Crippen molar-refractivity contribution in [3.05, 3.63) is 107 Å². The lowest BCUT2D eigenvalue weighted by Crippen LogP contribution is -2.54. The van der Waals surface area contributed by atoms with Gasteiger partial charge in [0.05, 0.1) is 24.4 Å². The summed E-state index contributed by atoms with van der Waals surface area (Å²) in [6, 6.07) is 14.2. The molecule has 17 nitrogen and oxygen atoms in total. The first kappa shape index (κ1) is 59.4. The molecule has 4 aromatic rings. The number of likely N-dealkylation sites (tertiary alicyclic amines) is 1. The normalized spacial score (nSPS) is 16.3. The number of amides is 6. The van der Waals surface area contributed by atoms with Crippen molar-refractivity contribution in [2.45, 2.75) is 131 Å². The minimum Gasteiger partial charge on any atom is -0.445 e. The number of nitrogens with two attached hydrogens (primary N) is 2. The molecular formula is C55H77F3N10O7. The third-order valence-corrected chi connectivity index (χ3v) is 13.0. The largest absolute Gasteiger partial charge is 0.445 e. The minimum absolute atomic E-state index is 0.0193. The van der Waals surface area contributed by atoms with E-state index in [9.17, 15) is 33.5 Å². The Hall–Kier alpha value is -6.51. The number of urea groups is 1. The maximum Gasteiger partial charge on any atom is 0.410 e. The molecule has 1 aliphatic rings. The quantitative estimate of drug-likeness (QED) is 0.0315. The fourth-order valence-electron chi connectivity index (χ4n) is 9.33. The number of rotatable bonds is 26. The Kier molecular flexibility index (Phi) is 22.1. The number of benzene rings is 3. The van der Waals surface area contributed by atoms with Crippen molar-refractivity contribution in [1.29, 1.82) is 0 Å². The van der Waals surface area contributed by atoms with E-state index in [-0.39, 0.29) is 70.5 Å². The predicted octanol–water partition coefficient (Wildman–Crippen LogP) is 7.09. The van der Waals surface area contributed by atoms with E-state index in [4.69, 9.17) is 21.2 Å². The highest BCUT2D eigenvalue weighted by Gasteiger charge is 2.42. The Morgan fingerprint density at radius 1 is 0.920 bits per heavy atom. The zero-order chi connectivity index (χ0) is 55.0. The third kappa shape index (κ3) is 18.1. The van der Waals surface area contributed by atoms with Crippen molar-refractivity contribution in [3.8, 4) is 11.3 Å². The molecule has 1 aliphatic heterocycles. The number of unbranched alkanes of at least 4 members (excludes halogenated alkanes) is 2. The lowest BCUT2D eigenvalue weighted by Gasteiger charge is -2.41. The fourth-order valence-corrected chi connectivity index (χ4v) is 9.33. The number of carbonyl (C=O) groups excluding carboxylic acids is 5. The molecule has 3 aromatic carbocycles. The number of aromatic nitrogens is 2. The predicted molar refractivity (Wildman–Crippen MR) is 282 cm³/mol. The van der Waals surface area contributed by atoms with Crippen LogP contribution in [0.2, 0.25) is 0 Å². The van der Waals surface area contributed by atoms with E-state index in [1.54, 1.807) is 75.5 Å². The number of ether oxygens (including phenoxy) is 1. The van der Waals surface area contributed by atoms with Crippen LogP contribution in [-0.2, 0) is 32.3 Å². The molecule has 6 unspecified atom stereocenters. The van der Waals surface area contributed by atoms with Gasteiger partial charge in [-0.1, -0.05) is 76.9 Å². The number of aliphatic hydroxyl groups is 1. The number of alkyl halides is 1. The lowest BCUT2D eigenvalue weighted by molar-refractivity contribution is -0.132. The molecule has 2 heterocycles. The number of aryl methyl sites for hydroxylation is 1. The van der Waals surface area contributed by atoms with Gasteiger partial charge in [0.1, 0.15) is 42.3 Å². The number of halogens is 3. The van der Waals surface area contributed by atoms with Gasteiger partial charge in [0, 0.05) is 62.5 Å². The molecule has 0 saturated carbocycles. The second kappa shape index (κ2) is 27.9. The van der Waals surface area contributed by atoms with Crippen LogP contribution in [0.15, 0.2) is 72.9 Å². The monoisotopic (exact) mass is 1050 g/mol. The SMILES string of the molecule is Cc1ccc(F)c(-c2cn(Cc3cccc(F)c3)c(C(N(CC(C)O)CC3CN(C(=O)OCc4ccc(NC(=O)C(CCCNC(N)=O)NC(=O)C(NC(=O)CCCCCN)C(C)C)cc4)CC3F)C(C)(C)C)n2)c1. The van der Waals surface area contributed by atoms with Gasteiger partial charge in [-0.25, -0.2) is 27.7 Å². The van der Waals surface area contributed by atoms with Crippen molar-refractivity contribution in [3.63, 3.8) is 0 Å². The van der Waals surface area contributed by atoms with Gasteiger partial charge in [0.15, 0.2) is 0 Å². The van der Waals surface area contributed by atoms with E-state index in [1.165, 1.54) is 23.1 Å². The first-order valence-corrected chi connectivity index (χ1v) is 25.8. The molecule has 1 fully saturated rings. The number of imidazole rings is 1. The zero-order valence-corrected chi connectivity index (χ0v) is 44.3. The molecule has 0 spiro atoms. The lowest BCUT2D eigenvalue weighted by atomic mass is 9.84. The number of carbonyl (C=O) groups is 5.